The fraction of sp³-hybridized carbons (Fsp3) is 0.0909. The van der Waals surface area contributed by atoms with Crippen LogP contribution in [0.2, 0.25) is 0 Å². The second-order valence-corrected chi connectivity index (χ2v) is 6.65. The number of nitrogens with zero attached hydrogens (tertiary/aromatic N) is 1. The highest BCUT2D eigenvalue weighted by molar-refractivity contribution is 7.93. The molecular formula is C11H8F2N2O4S2. The Bertz CT molecular complexity index is 789. The average Bonchev–Trinajstić information content (AvgIpc) is 2.73. The van der Waals surface area contributed by atoms with Crippen molar-refractivity contribution in [2.75, 3.05) is 4.72 Å². The normalized spacial score (nSPS) is 11.3. The van der Waals surface area contributed by atoms with Crippen LogP contribution in [0.5, 0.6) is 0 Å². The molecule has 0 atom stereocenters. The number of benzene rings is 1. The Labute approximate surface area is 122 Å². The smallest absolute Gasteiger partial charge is 0.308 e. The number of sulfonamides is 1. The molecule has 0 fully saturated rings. The van der Waals surface area contributed by atoms with E-state index in [2.05, 4.69) is 4.98 Å². The van der Waals surface area contributed by atoms with Crippen molar-refractivity contribution in [3.63, 3.8) is 0 Å². The van der Waals surface area contributed by atoms with E-state index in [0.717, 1.165) is 23.5 Å². The first-order chi connectivity index (χ1) is 9.78. The van der Waals surface area contributed by atoms with Gasteiger partial charge in [0.2, 0.25) is 0 Å². The van der Waals surface area contributed by atoms with Crippen molar-refractivity contribution < 1.29 is 27.1 Å². The molecule has 112 valence electrons. The van der Waals surface area contributed by atoms with Gasteiger partial charge in [0.05, 0.1) is 6.42 Å². The molecular weight excluding hydrogens is 326 g/mol. The molecule has 0 aliphatic carbocycles. The maximum atomic E-state index is 13.5. The number of carbonyl (C=O) groups is 1. The summed E-state index contributed by atoms with van der Waals surface area (Å²) in [5, 5.41) is 8.50. The van der Waals surface area contributed by atoms with Crippen LogP contribution in [-0.4, -0.2) is 24.5 Å². The minimum atomic E-state index is -4.27. The van der Waals surface area contributed by atoms with Gasteiger partial charge in [0.1, 0.15) is 16.5 Å². The highest BCUT2D eigenvalue weighted by Crippen LogP contribution is 2.23. The third-order valence-electron chi connectivity index (χ3n) is 2.28. The maximum absolute atomic E-state index is 13.5. The van der Waals surface area contributed by atoms with Gasteiger partial charge in [0.25, 0.3) is 10.0 Å². The molecule has 0 aliphatic rings. The monoisotopic (exact) mass is 334 g/mol. The first kappa shape index (κ1) is 15.3. The van der Waals surface area contributed by atoms with E-state index < -0.39 is 32.5 Å². The van der Waals surface area contributed by atoms with Crippen molar-refractivity contribution in [1.82, 2.24) is 4.98 Å². The molecule has 0 unspecified atom stereocenters. The molecule has 2 aromatic rings. The second-order valence-electron chi connectivity index (χ2n) is 3.88. The van der Waals surface area contributed by atoms with E-state index in [4.69, 9.17) is 5.11 Å². The standard InChI is InChI=1S/C11H8F2N2O4S2/c12-6-1-2-9(8(13)3-6)21(18,19)15-11-14-5-7(20-11)4-10(16)17/h1-3,5H,4H2,(H,14,15)(H,16,17). The van der Waals surface area contributed by atoms with E-state index in [0.29, 0.717) is 10.9 Å². The van der Waals surface area contributed by atoms with Crippen LogP contribution in [0.25, 0.3) is 0 Å². The van der Waals surface area contributed by atoms with Gasteiger partial charge in [-0.05, 0) is 12.1 Å². The third-order valence-corrected chi connectivity index (χ3v) is 4.70. The lowest BCUT2D eigenvalue weighted by Gasteiger charge is -2.05. The average molecular weight is 334 g/mol. The predicted molar refractivity (Wildman–Crippen MR) is 70.6 cm³/mol. The van der Waals surface area contributed by atoms with Crippen LogP contribution in [0.4, 0.5) is 13.9 Å². The van der Waals surface area contributed by atoms with Gasteiger partial charge in [-0.3, -0.25) is 9.52 Å². The molecule has 1 aromatic carbocycles. The number of hydrogen-bond donors (Lipinski definition) is 2. The van der Waals surface area contributed by atoms with Crippen molar-refractivity contribution in [2.24, 2.45) is 0 Å². The molecule has 0 spiro atoms. The molecule has 10 heteroatoms. The molecule has 0 amide bonds. The number of anilines is 1. The molecule has 0 saturated heterocycles. The zero-order valence-corrected chi connectivity index (χ0v) is 11.8. The third kappa shape index (κ3) is 3.73. The largest absolute Gasteiger partial charge is 0.481 e. The molecule has 6 nitrogen and oxygen atoms in total. The van der Waals surface area contributed by atoms with Crippen LogP contribution in [-0.2, 0) is 21.2 Å². The number of carboxylic acids is 1. The number of halogens is 2. The second kappa shape index (κ2) is 5.74. The van der Waals surface area contributed by atoms with Gasteiger partial charge >= 0.3 is 5.97 Å². The molecule has 0 bridgehead atoms. The summed E-state index contributed by atoms with van der Waals surface area (Å²) in [6, 6.07) is 2.06. The topological polar surface area (TPSA) is 96.4 Å². The van der Waals surface area contributed by atoms with E-state index in [-0.39, 0.29) is 11.6 Å². The fourth-order valence-electron chi connectivity index (χ4n) is 1.45. The number of hydrogen-bond acceptors (Lipinski definition) is 5. The van der Waals surface area contributed by atoms with E-state index in [1.165, 1.54) is 6.20 Å². The van der Waals surface area contributed by atoms with Crippen molar-refractivity contribution in [1.29, 1.82) is 0 Å². The van der Waals surface area contributed by atoms with Crippen molar-refractivity contribution in [2.45, 2.75) is 11.3 Å². The zero-order valence-electron chi connectivity index (χ0n) is 10.2. The Morgan fingerprint density at radius 2 is 2.10 bits per heavy atom. The van der Waals surface area contributed by atoms with Crippen LogP contribution in [0.1, 0.15) is 4.88 Å². The number of aliphatic carboxylic acids is 1. The Kier molecular flexibility index (Phi) is 4.19. The van der Waals surface area contributed by atoms with Gasteiger partial charge in [0.15, 0.2) is 5.13 Å². The molecule has 0 aliphatic heterocycles. The Morgan fingerprint density at radius 3 is 2.71 bits per heavy atom. The van der Waals surface area contributed by atoms with Crippen LogP contribution in [0.3, 0.4) is 0 Å². The SMILES string of the molecule is O=C(O)Cc1cnc(NS(=O)(=O)c2ccc(F)cc2F)s1. The highest BCUT2D eigenvalue weighted by atomic mass is 32.2. The van der Waals surface area contributed by atoms with Gasteiger partial charge in [-0.25, -0.2) is 22.2 Å². The Balaban J connectivity index is 2.25. The van der Waals surface area contributed by atoms with Crippen LogP contribution >= 0.6 is 11.3 Å². The lowest BCUT2D eigenvalue weighted by atomic mass is 10.3. The lowest BCUT2D eigenvalue weighted by molar-refractivity contribution is -0.136. The quantitative estimate of drug-likeness (QED) is 0.870. The van der Waals surface area contributed by atoms with Crippen LogP contribution in [0, 0.1) is 11.6 Å². The van der Waals surface area contributed by atoms with Crippen molar-refractivity contribution >= 4 is 32.5 Å². The summed E-state index contributed by atoms with van der Waals surface area (Å²) in [5.41, 5.74) is 0. The summed E-state index contributed by atoms with van der Waals surface area (Å²) < 4.78 is 52.1. The summed E-state index contributed by atoms with van der Waals surface area (Å²) >= 11 is 0.813. The van der Waals surface area contributed by atoms with Crippen LogP contribution in [0.15, 0.2) is 29.3 Å². The molecule has 1 aromatic heterocycles. The molecule has 2 rings (SSSR count). The van der Waals surface area contributed by atoms with E-state index >= 15 is 0 Å². The summed E-state index contributed by atoms with van der Waals surface area (Å²) in [7, 11) is -4.27. The highest BCUT2D eigenvalue weighted by Gasteiger charge is 2.21. The molecule has 21 heavy (non-hydrogen) atoms. The fourth-order valence-corrected chi connectivity index (χ4v) is 3.55. The molecule has 1 heterocycles. The number of rotatable bonds is 5. The lowest BCUT2D eigenvalue weighted by Crippen LogP contribution is -2.14. The first-order valence-corrected chi connectivity index (χ1v) is 7.72. The molecule has 0 radical (unpaired) electrons. The number of aromatic nitrogens is 1. The minimum absolute atomic E-state index is 0.102. The summed E-state index contributed by atoms with van der Waals surface area (Å²) in [4.78, 5) is 13.8. The number of thiazole rings is 1. The maximum Gasteiger partial charge on any atom is 0.308 e. The van der Waals surface area contributed by atoms with Gasteiger partial charge in [0, 0.05) is 17.1 Å². The zero-order chi connectivity index (χ0) is 15.6. The van der Waals surface area contributed by atoms with Crippen molar-refractivity contribution in [3.05, 3.63) is 40.9 Å². The predicted octanol–water partition coefficient (Wildman–Crippen LogP) is 1.85. The molecule has 0 saturated carbocycles. The summed E-state index contributed by atoms with van der Waals surface area (Å²) in [5.74, 6) is -3.22. The van der Waals surface area contributed by atoms with Gasteiger partial charge < -0.3 is 5.11 Å². The summed E-state index contributed by atoms with van der Waals surface area (Å²) in [6.07, 6.45) is 0.905. The first-order valence-electron chi connectivity index (χ1n) is 5.42. The Morgan fingerprint density at radius 1 is 1.38 bits per heavy atom. The number of carboxylic acid groups (broad SMARTS) is 1. The van der Waals surface area contributed by atoms with Gasteiger partial charge in [-0.2, -0.15) is 0 Å². The number of nitrogens with one attached hydrogen (secondary N) is 1. The minimum Gasteiger partial charge on any atom is -0.481 e. The molecule has 2 N–H and O–H groups in total. The summed E-state index contributed by atoms with van der Waals surface area (Å²) in [6.45, 7) is 0. The van der Waals surface area contributed by atoms with Gasteiger partial charge in [-0.1, -0.05) is 0 Å². The van der Waals surface area contributed by atoms with Crippen LogP contribution < -0.4 is 4.72 Å². The van der Waals surface area contributed by atoms with Gasteiger partial charge in [-0.15, -0.1) is 11.3 Å². The van der Waals surface area contributed by atoms with E-state index in [9.17, 15) is 22.0 Å². The van der Waals surface area contributed by atoms with E-state index in [1.807, 2.05) is 4.72 Å². The van der Waals surface area contributed by atoms with Crippen molar-refractivity contribution in [3.8, 4) is 0 Å². The Hall–Kier alpha value is -2.07. The van der Waals surface area contributed by atoms with E-state index in [1.54, 1.807) is 0 Å².